The van der Waals surface area contributed by atoms with Crippen molar-refractivity contribution in [3.8, 4) is 5.75 Å². The first kappa shape index (κ1) is 17.5. The summed E-state index contributed by atoms with van der Waals surface area (Å²) < 4.78 is 0. The van der Waals surface area contributed by atoms with Gasteiger partial charge in [-0.25, -0.2) is 0 Å². The summed E-state index contributed by atoms with van der Waals surface area (Å²) in [7, 11) is 0. The monoisotopic (exact) mass is 334 g/mol. The zero-order valence-corrected chi connectivity index (χ0v) is 15.1. The van der Waals surface area contributed by atoms with Crippen LogP contribution in [0.15, 0.2) is 54.1 Å². The third kappa shape index (κ3) is 4.19. The van der Waals surface area contributed by atoms with Crippen molar-refractivity contribution < 1.29 is 9.90 Å². The molecule has 25 heavy (non-hydrogen) atoms. The predicted molar refractivity (Wildman–Crippen MR) is 103 cm³/mol. The van der Waals surface area contributed by atoms with Gasteiger partial charge in [0.25, 0.3) is 0 Å². The van der Waals surface area contributed by atoms with Gasteiger partial charge in [0.2, 0.25) is 0 Å². The van der Waals surface area contributed by atoms with Gasteiger partial charge in [-0.15, -0.1) is 0 Å². The number of ketones is 1. The van der Waals surface area contributed by atoms with Gasteiger partial charge in [0, 0.05) is 6.42 Å². The molecule has 0 radical (unpaired) electrons. The molecule has 0 unspecified atom stereocenters. The molecule has 2 heteroatoms. The summed E-state index contributed by atoms with van der Waals surface area (Å²) in [5.41, 5.74) is 5.88. The first-order valence-electron chi connectivity index (χ1n) is 9.13. The van der Waals surface area contributed by atoms with Crippen LogP contribution in [0.3, 0.4) is 0 Å². The van der Waals surface area contributed by atoms with Crippen LogP contribution in [-0.2, 0) is 4.79 Å². The topological polar surface area (TPSA) is 37.3 Å². The molecule has 2 aromatic carbocycles. The van der Waals surface area contributed by atoms with E-state index in [2.05, 4.69) is 31.2 Å². The first-order valence-corrected chi connectivity index (χ1v) is 9.13. The molecule has 1 aliphatic carbocycles. The molecule has 2 aromatic rings. The average molecular weight is 334 g/mol. The maximum atomic E-state index is 12.0. The number of aryl methyl sites for hydroxylation is 1. The van der Waals surface area contributed by atoms with Gasteiger partial charge in [-0.3, -0.25) is 4.79 Å². The Morgan fingerprint density at radius 2 is 1.48 bits per heavy atom. The highest BCUT2D eigenvalue weighted by molar-refractivity contribution is 5.88. The van der Waals surface area contributed by atoms with E-state index in [0.717, 1.165) is 24.0 Å². The lowest BCUT2D eigenvalue weighted by Crippen LogP contribution is -2.08. The van der Waals surface area contributed by atoms with Crippen LogP contribution < -0.4 is 0 Å². The molecular formula is C23H26O2. The summed E-state index contributed by atoms with van der Waals surface area (Å²) in [4.78, 5) is 12.0. The number of carbonyl (C=O) groups is 1. The Balaban J connectivity index is 2.19. The van der Waals surface area contributed by atoms with E-state index in [1.165, 1.54) is 29.6 Å². The van der Waals surface area contributed by atoms with E-state index < -0.39 is 0 Å². The second-order valence-electron chi connectivity index (χ2n) is 7.17. The largest absolute Gasteiger partial charge is 0.508 e. The van der Waals surface area contributed by atoms with Crippen LogP contribution in [0, 0.1) is 12.8 Å². The Labute approximate surface area is 150 Å². The van der Waals surface area contributed by atoms with Crippen LogP contribution in [0.1, 0.15) is 55.7 Å². The minimum absolute atomic E-state index is 0.213. The molecule has 1 saturated carbocycles. The molecule has 0 spiro atoms. The van der Waals surface area contributed by atoms with E-state index >= 15 is 0 Å². The van der Waals surface area contributed by atoms with E-state index in [1.54, 1.807) is 19.1 Å². The third-order valence-corrected chi connectivity index (χ3v) is 5.10. The Morgan fingerprint density at radius 3 is 2.00 bits per heavy atom. The Kier molecular flexibility index (Phi) is 5.37. The lowest BCUT2D eigenvalue weighted by Gasteiger charge is -2.21. The summed E-state index contributed by atoms with van der Waals surface area (Å²) in [5.74, 6) is 0.959. The van der Waals surface area contributed by atoms with Crippen LogP contribution in [0.2, 0.25) is 0 Å². The van der Waals surface area contributed by atoms with Gasteiger partial charge in [0.05, 0.1) is 0 Å². The molecule has 0 atom stereocenters. The minimum Gasteiger partial charge on any atom is -0.508 e. The normalized spacial score (nSPS) is 15.9. The molecule has 1 aliphatic rings. The lowest BCUT2D eigenvalue weighted by molar-refractivity contribution is -0.116. The van der Waals surface area contributed by atoms with Crippen molar-refractivity contribution in [2.45, 2.75) is 46.0 Å². The summed E-state index contributed by atoms with van der Waals surface area (Å²) >= 11 is 0. The van der Waals surface area contributed by atoms with Gasteiger partial charge in [-0.1, -0.05) is 60.4 Å². The van der Waals surface area contributed by atoms with Gasteiger partial charge >= 0.3 is 0 Å². The van der Waals surface area contributed by atoms with Gasteiger partial charge in [-0.2, -0.15) is 0 Å². The number of aromatic hydroxyl groups is 1. The molecule has 0 bridgehead atoms. The predicted octanol–water partition coefficient (Wildman–Crippen LogP) is 5.67. The van der Waals surface area contributed by atoms with Gasteiger partial charge < -0.3 is 5.11 Å². The van der Waals surface area contributed by atoms with E-state index in [1.807, 2.05) is 12.1 Å². The van der Waals surface area contributed by atoms with Crippen LogP contribution in [0.5, 0.6) is 5.75 Å². The molecule has 0 heterocycles. The number of benzene rings is 2. The molecule has 0 aromatic heterocycles. The Hall–Kier alpha value is -2.35. The van der Waals surface area contributed by atoms with Crippen molar-refractivity contribution in [1.29, 1.82) is 0 Å². The van der Waals surface area contributed by atoms with Gasteiger partial charge in [-0.05, 0) is 61.4 Å². The Bertz CT molecular complexity index is 713. The maximum Gasteiger partial charge on any atom is 0.133 e. The van der Waals surface area contributed by atoms with Gasteiger partial charge in [0.1, 0.15) is 11.5 Å². The quantitative estimate of drug-likeness (QED) is 0.764. The van der Waals surface area contributed by atoms with Crippen molar-refractivity contribution in [2.24, 2.45) is 5.92 Å². The zero-order chi connectivity index (χ0) is 17.8. The van der Waals surface area contributed by atoms with Crippen LogP contribution in [-0.4, -0.2) is 10.9 Å². The number of carbonyl (C=O) groups excluding carboxylic acids is 1. The van der Waals surface area contributed by atoms with Crippen molar-refractivity contribution in [1.82, 2.24) is 0 Å². The molecule has 0 amide bonds. The standard InChI is InChI=1S/C23H26O2/c1-16-7-9-19(10-8-16)23(20-11-13-21(25)14-12-20)22(15-17(2)24)18-5-3-4-6-18/h7-14,18,25H,3-6,15H2,1-2H3/b23-22+. The fraction of sp³-hybridized carbons (Fsp3) is 0.348. The van der Waals surface area contributed by atoms with Crippen molar-refractivity contribution in [3.63, 3.8) is 0 Å². The SMILES string of the molecule is CC(=O)C/C(=C(/c1ccc(C)cc1)c1ccc(O)cc1)C1CCCC1. The highest BCUT2D eigenvalue weighted by atomic mass is 16.3. The average Bonchev–Trinajstić information content (AvgIpc) is 3.11. The second kappa shape index (κ2) is 7.69. The number of rotatable bonds is 5. The summed E-state index contributed by atoms with van der Waals surface area (Å²) in [6, 6.07) is 15.9. The summed E-state index contributed by atoms with van der Waals surface area (Å²) in [6.45, 7) is 3.76. The Morgan fingerprint density at radius 1 is 0.960 bits per heavy atom. The molecule has 0 aliphatic heterocycles. The number of allylic oxidation sites excluding steroid dienone is 1. The van der Waals surface area contributed by atoms with Crippen molar-refractivity contribution in [2.75, 3.05) is 0 Å². The third-order valence-electron chi connectivity index (χ3n) is 5.10. The molecule has 2 nitrogen and oxygen atoms in total. The number of hydrogen-bond acceptors (Lipinski definition) is 2. The summed E-state index contributed by atoms with van der Waals surface area (Å²) in [6.07, 6.45) is 5.31. The molecule has 1 fully saturated rings. The molecule has 1 N–H and O–H groups in total. The maximum absolute atomic E-state index is 12.0. The summed E-state index contributed by atoms with van der Waals surface area (Å²) in [5, 5.41) is 9.67. The first-order chi connectivity index (χ1) is 12.0. The molecular weight excluding hydrogens is 308 g/mol. The highest BCUT2D eigenvalue weighted by Crippen LogP contribution is 2.40. The van der Waals surface area contributed by atoms with Crippen LogP contribution in [0.4, 0.5) is 0 Å². The number of phenols is 1. The van der Waals surface area contributed by atoms with E-state index in [0.29, 0.717) is 12.3 Å². The van der Waals surface area contributed by atoms with E-state index in [-0.39, 0.29) is 11.5 Å². The van der Waals surface area contributed by atoms with Gasteiger partial charge in [0.15, 0.2) is 0 Å². The minimum atomic E-state index is 0.213. The van der Waals surface area contributed by atoms with Crippen molar-refractivity contribution >= 4 is 11.4 Å². The fourth-order valence-corrected chi connectivity index (χ4v) is 3.87. The number of Topliss-reactive ketones (excluding diaryl/α,β-unsaturated/α-hetero) is 1. The van der Waals surface area contributed by atoms with Crippen molar-refractivity contribution in [3.05, 3.63) is 70.8 Å². The number of hydrogen-bond donors (Lipinski definition) is 1. The zero-order valence-electron chi connectivity index (χ0n) is 15.1. The molecule has 3 rings (SSSR count). The van der Waals surface area contributed by atoms with Crippen LogP contribution in [0.25, 0.3) is 5.57 Å². The smallest absolute Gasteiger partial charge is 0.133 e. The second-order valence-corrected chi connectivity index (χ2v) is 7.17. The number of phenolic OH excluding ortho intramolecular Hbond substituents is 1. The van der Waals surface area contributed by atoms with Crippen LogP contribution >= 0.6 is 0 Å². The van der Waals surface area contributed by atoms with E-state index in [4.69, 9.17) is 0 Å². The highest BCUT2D eigenvalue weighted by Gasteiger charge is 2.24. The molecule has 130 valence electrons. The van der Waals surface area contributed by atoms with E-state index in [9.17, 15) is 9.90 Å². The molecule has 0 saturated heterocycles. The fourth-order valence-electron chi connectivity index (χ4n) is 3.87. The lowest BCUT2D eigenvalue weighted by atomic mass is 9.83.